The zero-order valence-corrected chi connectivity index (χ0v) is 15.7. The van der Waals surface area contributed by atoms with Gasteiger partial charge in [0.1, 0.15) is 0 Å². The van der Waals surface area contributed by atoms with Crippen LogP contribution in [0, 0.1) is 5.92 Å². The Morgan fingerprint density at radius 3 is 2.48 bits per heavy atom. The summed E-state index contributed by atoms with van der Waals surface area (Å²) in [5, 5.41) is 3.52. The summed E-state index contributed by atoms with van der Waals surface area (Å²) in [5.74, 6) is 1.77. The summed E-state index contributed by atoms with van der Waals surface area (Å²) in [7, 11) is 4.57. The van der Waals surface area contributed by atoms with Crippen LogP contribution in [0.15, 0.2) is 12.1 Å². The van der Waals surface area contributed by atoms with Crippen LogP contribution in [0.25, 0.3) is 0 Å². The van der Waals surface area contributed by atoms with E-state index in [9.17, 15) is 4.79 Å². The zero-order valence-electron chi connectivity index (χ0n) is 14.8. The van der Waals surface area contributed by atoms with Crippen LogP contribution in [0.4, 0.5) is 5.13 Å². The Balaban J connectivity index is 1.84. The van der Waals surface area contributed by atoms with E-state index in [1.807, 2.05) is 0 Å². The highest BCUT2D eigenvalue weighted by Gasteiger charge is 2.22. The molecule has 25 heavy (non-hydrogen) atoms. The fourth-order valence-corrected chi connectivity index (χ4v) is 4.14. The molecule has 1 aromatic heterocycles. The van der Waals surface area contributed by atoms with E-state index in [-0.39, 0.29) is 5.91 Å². The van der Waals surface area contributed by atoms with Gasteiger partial charge in [-0.1, -0.05) is 6.92 Å². The Labute approximate surface area is 151 Å². The molecule has 1 heterocycles. The largest absolute Gasteiger partial charge is 0.493 e. The first-order valence-electron chi connectivity index (χ1n) is 8.15. The highest BCUT2D eigenvalue weighted by Crippen LogP contribution is 2.38. The number of methoxy groups -OCH3 is 3. The molecule has 0 aliphatic heterocycles. The summed E-state index contributed by atoms with van der Waals surface area (Å²) < 4.78 is 15.9. The number of ether oxygens (including phenoxy) is 3. The van der Waals surface area contributed by atoms with Crippen molar-refractivity contribution in [2.45, 2.75) is 26.2 Å². The number of hydrogen-bond acceptors (Lipinski definition) is 6. The number of nitrogens with one attached hydrogen (secondary N) is 1. The van der Waals surface area contributed by atoms with Crippen molar-refractivity contribution in [2.24, 2.45) is 5.92 Å². The van der Waals surface area contributed by atoms with Crippen molar-refractivity contribution >= 4 is 22.4 Å². The van der Waals surface area contributed by atoms with Crippen LogP contribution >= 0.6 is 11.3 Å². The van der Waals surface area contributed by atoms with Gasteiger partial charge in [-0.2, -0.15) is 0 Å². The second-order valence-electron chi connectivity index (χ2n) is 6.10. The smallest absolute Gasteiger partial charge is 0.257 e. The maximum atomic E-state index is 12.6. The van der Waals surface area contributed by atoms with Crippen LogP contribution in [0.3, 0.4) is 0 Å². The summed E-state index contributed by atoms with van der Waals surface area (Å²) in [6.07, 6.45) is 3.16. The number of fused-ring (bicyclic) bond motifs is 1. The fourth-order valence-electron chi connectivity index (χ4n) is 2.97. The lowest BCUT2D eigenvalue weighted by atomic mass is 9.93. The fraction of sp³-hybridized carbons (Fsp3) is 0.444. The van der Waals surface area contributed by atoms with Crippen LogP contribution in [0.5, 0.6) is 17.2 Å². The van der Waals surface area contributed by atoms with Crippen molar-refractivity contribution in [2.75, 3.05) is 26.6 Å². The third-order valence-electron chi connectivity index (χ3n) is 4.33. The van der Waals surface area contributed by atoms with Gasteiger partial charge in [-0.15, -0.1) is 11.3 Å². The first-order chi connectivity index (χ1) is 12.0. The molecule has 6 nitrogen and oxygen atoms in total. The van der Waals surface area contributed by atoms with Crippen molar-refractivity contribution < 1.29 is 19.0 Å². The molecule has 0 saturated heterocycles. The molecule has 1 aliphatic rings. The molecule has 134 valence electrons. The van der Waals surface area contributed by atoms with Gasteiger partial charge in [-0.05, 0) is 37.3 Å². The van der Waals surface area contributed by atoms with Gasteiger partial charge in [-0.3, -0.25) is 10.1 Å². The molecular weight excluding hydrogens is 340 g/mol. The number of rotatable bonds is 5. The lowest BCUT2D eigenvalue weighted by Gasteiger charge is -2.15. The van der Waals surface area contributed by atoms with E-state index in [1.54, 1.807) is 23.5 Å². The van der Waals surface area contributed by atoms with Gasteiger partial charge in [0.25, 0.3) is 5.91 Å². The monoisotopic (exact) mass is 362 g/mol. The molecule has 0 saturated carbocycles. The molecule has 3 rings (SSSR count). The highest BCUT2D eigenvalue weighted by atomic mass is 32.1. The SMILES string of the molecule is COc1cc(C(=O)Nc2nc3c(s2)CC(C)CC3)cc(OC)c1OC. The summed E-state index contributed by atoms with van der Waals surface area (Å²) >= 11 is 1.56. The van der Waals surface area contributed by atoms with E-state index < -0.39 is 0 Å². The maximum absolute atomic E-state index is 12.6. The standard InChI is InChI=1S/C18H22N2O4S/c1-10-5-6-12-15(7-10)25-18(19-12)20-17(21)11-8-13(22-2)16(24-4)14(9-11)23-3/h8-10H,5-7H2,1-4H3,(H,19,20,21). The Morgan fingerprint density at radius 2 is 1.88 bits per heavy atom. The minimum absolute atomic E-state index is 0.251. The summed E-state index contributed by atoms with van der Waals surface area (Å²) in [5.41, 5.74) is 1.54. The van der Waals surface area contributed by atoms with Crippen molar-refractivity contribution in [1.29, 1.82) is 0 Å². The van der Waals surface area contributed by atoms with Crippen molar-refractivity contribution in [1.82, 2.24) is 4.98 Å². The average molecular weight is 362 g/mol. The third-order valence-corrected chi connectivity index (χ3v) is 5.37. The number of carbonyl (C=O) groups is 1. The summed E-state index contributed by atoms with van der Waals surface area (Å²) in [6.45, 7) is 2.25. The Hall–Kier alpha value is -2.28. The summed E-state index contributed by atoms with van der Waals surface area (Å²) in [6, 6.07) is 3.26. The van der Waals surface area contributed by atoms with Gasteiger partial charge >= 0.3 is 0 Å². The van der Waals surface area contributed by atoms with Gasteiger partial charge in [0.15, 0.2) is 16.6 Å². The molecule has 1 aromatic carbocycles. The molecule has 2 aromatic rings. The minimum Gasteiger partial charge on any atom is -0.493 e. The normalized spacial score (nSPS) is 16.1. The second kappa shape index (κ2) is 7.31. The number of aryl methyl sites for hydroxylation is 1. The Bertz CT molecular complexity index is 762. The quantitative estimate of drug-likeness (QED) is 0.881. The highest BCUT2D eigenvalue weighted by molar-refractivity contribution is 7.15. The number of amides is 1. The summed E-state index contributed by atoms with van der Waals surface area (Å²) in [4.78, 5) is 18.5. The topological polar surface area (TPSA) is 69.7 Å². The maximum Gasteiger partial charge on any atom is 0.257 e. The first-order valence-corrected chi connectivity index (χ1v) is 8.97. The molecule has 0 radical (unpaired) electrons. The molecule has 7 heteroatoms. The van der Waals surface area contributed by atoms with E-state index >= 15 is 0 Å². The van der Waals surface area contributed by atoms with Gasteiger partial charge in [0.2, 0.25) is 5.75 Å². The van der Waals surface area contributed by atoms with E-state index in [0.29, 0.717) is 33.9 Å². The number of aromatic nitrogens is 1. The molecular formula is C18H22N2O4S. The lowest BCUT2D eigenvalue weighted by Crippen LogP contribution is -2.12. The van der Waals surface area contributed by atoms with Crippen LogP contribution in [0.1, 0.15) is 34.3 Å². The first kappa shape index (κ1) is 17.5. The predicted molar refractivity (Wildman–Crippen MR) is 97.4 cm³/mol. The third kappa shape index (κ3) is 3.56. The van der Waals surface area contributed by atoms with Gasteiger partial charge in [-0.25, -0.2) is 4.98 Å². The van der Waals surface area contributed by atoms with E-state index in [0.717, 1.165) is 25.0 Å². The molecule has 1 amide bonds. The van der Waals surface area contributed by atoms with Gasteiger partial charge in [0, 0.05) is 10.4 Å². The van der Waals surface area contributed by atoms with Crippen LogP contribution < -0.4 is 19.5 Å². The Kier molecular flexibility index (Phi) is 5.13. The van der Waals surface area contributed by atoms with Gasteiger partial charge in [0.05, 0.1) is 27.0 Å². The van der Waals surface area contributed by atoms with Gasteiger partial charge < -0.3 is 14.2 Å². The molecule has 1 atom stereocenters. The van der Waals surface area contributed by atoms with Crippen LogP contribution in [-0.2, 0) is 12.8 Å². The molecule has 0 spiro atoms. The van der Waals surface area contributed by atoms with E-state index in [1.165, 1.54) is 26.2 Å². The average Bonchev–Trinajstić information content (AvgIpc) is 3.01. The van der Waals surface area contributed by atoms with Crippen molar-refractivity contribution in [3.05, 3.63) is 28.3 Å². The molecule has 0 fully saturated rings. The lowest BCUT2D eigenvalue weighted by molar-refractivity contribution is 0.102. The van der Waals surface area contributed by atoms with Crippen molar-refractivity contribution in [3.63, 3.8) is 0 Å². The molecule has 0 bridgehead atoms. The molecule has 1 N–H and O–H groups in total. The number of anilines is 1. The number of carbonyl (C=O) groups excluding carboxylic acids is 1. The van der Waals surface area contributed by atoms with Crippen molar-refractivity contribution in [3.8, 4) is 17.2 Å². The second-order valence-corrected chi connectivity index (χ2v) is 7.19. The van der Waals surface area contributed by atoms with E-state index in [4.69, 9.17) is 14.2 Å². The predicted octanol–water partition coefficient (Wildman–Crippen LogP) is 3.55. The number of hydrogen-bond donors (Lipinski definition) is 1. The zero-order chi connectivity index (χ0) is 18.0. The minimum atomic E-state index is -0.251. The molecule has 1 unspecified atom stereocenters. The number of benzene rings is 1. The Morgan fingerprint density at radius 1 is 1.20 bits per heavy atom. The number of thiazole rings is 1. The number of nitrogens with zero attached hydrogens (tertiary/aromatic N) is 1. The van der Waals surface area contributed by atoms with E-state index in [2.05, 4.69) is 17.2 Å². The van der Waals surface area contributed by atoms with Crippen LogP contribution in [-0.4, -0.2) is 32.2 Å². The molecule has 1 aliphatic carbocycles. The van der Waals surface area contributed by atoms with Crippen LogP contribution in [0.2, 0.25) is 0 Å².